The number of thioether (sulfide) groups is 1. The molecule has 2 rings (SSSR count). The van der Waals surface area contributed by atoms with Gasteiger partial charge in [-0.05, 0) is 32.1 Å². The van der Waals surface area contributed by atoms with E-state index in [1.165, 1.54) is 16.7 Å². The summed E-state index contributed by atoms with van der Waals surface area (Å²) in [5.74, 6) is -0.693. The van der Waals surface area contributed by atoms with E-state index in [0.29, 0.717) is 12.0 Å². The highest BCUT2D eigenvalue weighted by Crippen LogP contribution is 2.22. The Morgan fingerprint density at radius 2 is 1.70 bits per heavy atom. The van der Waals surface area contributed by atoms with Gasteiger partial charge in [0.15, 0.2) is 5.16 Å². The van der Waals surface area contributed by atoms with Crippen molar-refractivity contribution in [2.45, 2.75) is 37.9 Å². The van der Waals surface area contributed by atoms with E-state index in [2.05, 4.69) is 9.97 Å². The molecule has 0 saturated carbocycles. The minimum atomic E-state index is -0.939. The molecule has 1 atom stereocenters. The Morgan fingerprint density at radius 3 is 2.22 bits per heavy atom. The number of ether oxygens (including phenoxy) is 1. The fourth-order valence-corrected chi connectivity index (χ4v) is 3.16. The lowest BCUT2D eigenvalue weighted by Crippen LogP contribution is -2.31. The van der Waals surface area contributed by atoms with Crippen molar-refractivity contribution >= 4 is 23.6 Å². The van der Waals surface area contributed by atoms with Crippen LogP contribution >= 0.6 is 11.8 Å². The van der Waals surface area contributed by atoms with E-state index < -0.39 is 12.1 Å². The normalized spacial score (nSPS) is 11.7. The maximum Gasteiger partial charge on any atom is 0.307 e. The number of hydrogen-bond acceptors (Lipinski definition) is 6. The molecule has 27 heavy (non-hydrogen) atoms. The lowest BCUT2D eigenvalue weighted by atomic mass is 10.1. The summed E-state index contributed by atoms with van der Waals surface area (Å²) in [7, 11) is 3.28. The Balaban J connectivity index is 2.10. The Hall–Kier alpha value is -2.41. The van der Waals surface area contributed by atoms with Crippen LogP contribution in [0.25, 0.3) is 0 Å². The predicted molar refractivity (Wildman–Crippen MR) is 106 cm³/mol. The number of nitrogens with zero attached hydrogens (tertiary/aromatic N) is 3. The number of likely N-dealkylation sites (N-methyl/N-ethyl adjacent to an activating group) is 1. The average Bonchev–Trinajstić information content (AvgIpc) is 2.65. The fourth-order valence-electron chi connectivity index (χ4n) is 2.70. The summed E-state index contributed by atoms with van der Waals surface area (Å²) in [5.41, 5.74) is 3.33. The number of benzene rings is 1. The number of aromatic nitrogens is 2. The van der Waals surface area contributed by atoms with Gasteiger partial charge in [-0.15, -0.1) is 0 Å². The molecular weight excluding hydrogens is 362 g/mol. The van der Waals surface area contributed by atoms with Crippen molar-refractivity contribution in [3.63, 3.8) is 0 Å². The van der Waals surface area contributed by atoms with Crippen molar-refractivity contribution in [3.05, 3.63) is 52.8 Å². The third-order valence-corrected chi connectivity index (χ3v) is 4.73. The molecule has 1 amide bonds. The third-order valence-electron chi connectivity index (χ3n) is 4.18. The number of amides is 1. The first-order chi connectivity index (χ1) is 12.8. The van der Waals surface area contributed by atoms with Gasteiger partial charge >= 0.3 is 5.97 Å². The van der Waals surface area contributed by atoms with E-state index in [-0.39, 0.29) is 12.3 Å². The SMILES string of the molecule is CSc1nc(C)c(CCC(=O)O[C@H](C(=O)N(C)C)c2ccccc2)c(C)n1. The molecule has 0 bridgehead atoms. The summed E-state index contributed by atoms with van der Waals surface area (Å²) in [6.07, 6.45) is 1.62. The predicted octanol–water partition coefficient (Wildman–Crippen LogP) is 3.12. The minimum absolute atomic E-state index is 0.160. The Kier molecular flexibility index (Phi) is 7.36. The van der Waals surface area contributed by atoms with E-state index in [1.54, 1.807) is 26.2 Å². The molecule has 0 aliphatic heterocycles. The van der Waals surface area contributed by atoms with E-state index in [1.807, 2.05) is 38.3 Å². The first-order valence-electron chi connectivity index (χ1n) is 8.67. The van der Waals surface area contributed by atoms with Gasteiger partial charge in [0.1, 0.15) is 0 Å². The van der Waals surface area contributed by atoms with Crippen LogP contribution < -0.4 is 0 Å². The molecule has 6 nitrogen and oxygen atoms in total. The zero-order chi connectivity index (χ0) is 20.0. The summed E-state index contributed by atoms with van der Waals surface area (Å²) in [6.45, 7) is 3.83. The first-order valence-corrected chi connectivity index (χ1v) is 9.89. The smallest absolute Gasteiger partial charge is 0.307 e. The van der Waals surface area contributed by atoms with Gasteiger partial charge in [0, 0.05) is 37.5 Å². The summed E-state index contributed by atoms with van der Waals surface area (Å²) >= 11 is 1.49. The van der Waals surface area contributed by atoms with Crippen molar-refractivity contribution in [2.75, 3.05) is 20.4 Å². The van der Waals surface area contributed by atoms with Crippen molar-refractivity contribution in [1.29, 1.82) is 0 Å². The summed E-state index contributed by atoms with van der Waals surface area (Å²) in [4.78, 5) is 35.2. The molecule has 0 fully saturated rings. The Morgan fingerprint density at radius 1 is 1.11 bits per heavy atom. The second-order valence-electron chi connectivity index (χ2n) is 6.37. The largest absolute Gasteiger partial charge is 0.447 e. The van der Waals surface area contributed by atoms with Gasteiger partial charge in [0.2, 0.25) is 6.10 Å². The van der Waals surface area contributed by atoms with Gasteiger partial charge in [-0.1, -0.05) is 42.1 Å². The quantitative estimate of drug-likeness (QED) is 0.413. The minimum Gasteiger partial charge on any atom is -0.447 e. The highest BCUT2D eigenvalue weighted by Gasteiger charge is 2.26. The van der Waals surface area contributed by atoms with Gasteiger partial charge in [-0.2, -0.15) is 0 Å². The highest BCUT2D eigenvalue weighted by molar-refractivity contribution is 7.98. The van der Waals surface area contributed by atoms with Crippen LogP contribution in [-0.2, 0) is 20.7 Å². The molecule has 2 aromatic rings. The van der Waals surface area contributed by atoms with Gasteiger partial charge in [-0.25, -0.2) is 9.97 Å². The Labute approximate surface area is 164 Å². The molecule has 1 aromatic carbocycles. The van der Waals surface area contributed by atoms with Crippen molar-refractivity contribution < 1.29 is 14.3 Å². The van der Waals surface area contributed by atoms with Crippen LogP contribution in [0.15, 0.2) is 35.5 Å². The van der Waals surface area contributed by atoms with Crippen molar-refractivity contribution in [2.24, 2.45) is 0 Å². The Bertz CT molecular complexity index is 786. The fraction of sp³-hybridized carbons (Fsp3) is 0.400. The molecule has 1 aromatic heterocycles. The monoisotopic (exact) mass is 387 g/mol. The number of carbonyl (C=O) groups excluding carboxylic acids is 2. The number of carbonyl (C=O) groups is 2. The lowest BCUT2D eigenvalue weighted by molar-refractivity contribution is -0.159. The highest BCUT2D eigenvalue weighted by atomic mass is 32.2. The summed E-state index contributed by atoms with van der Waals surface area (Å²) < 4.78 is 5.53. The molecule has 0 aliphatic carbocycles. The van der Waals surface area contributed by atoms with Gasteiger partial charge in [0.25, 0.3) is 5.91 Å². The van der Waals surface area contributed by atoms with Crippen LogP contribution in [0.3, 0.4) is 0 Å². The second-order valence-corrected chi connectivity index (χ2v) is 7.15. The number of esters is 1. The van der Waals surface area contributed by atoms with Gasteiger partial charge in [0.05, 0.1) is 0 Å². The maximum atomic E-state index is 12.5. The summed E-state index contributed by atoms with van der Waals surface area (Å²) in [6, 6.07) is 9.05. The molecule has 144 valence electrons. The van der Waals surface area contributed by atoms with E-state index in [4.69, 9.17) is 4.74 Å². The number of hydrogen-bond donors (Lipinski definition) is 0. The topological polar surface area (TPSA) is 72.4 Å². The number of aryl methyl sites for hydroxylation is 2. The van der Waals surface area contributed by atoms with Crippen LogP contribution in [0.1, 0.15) is 35.0 Å². The zero-order valence-corrected chi connectivity index (χ0v) is 17.2. The van der Waals surface area contributed by atoms with E-state index >= 15 is 0 Å². The van der Waals surface area contributed by atoms with Crippen molar-refractivity contribution in [3.8, 4) is 0 Å². The van der Waals surface area contributed by atoms with E-state index in [0.717, 1.165) is 22.1 Å². The molecule has 0 saturated heterocycles. The maximum absolute atomic E-state index is 12.5. The molecule has 1 heterocycles. The van der Waals surface area contributed by atoms with Crippen LogP contribution in [-0.4, -0.2) is 47.1 Å². The van der Waals surface area contributed by atoms with Crippen LogP contribution in [0.4, 0.5) is 0 Å². The van der Waals surface area contributed by atoms with Gasteiger partial charge in [-0.3, -0.25) is 9.59 Å². The van der Waals surface area contributed by atoms with Crippen LogP contribution in [0.2, 0.25) is 0 Å². The lowest BCUT2D eigenvalue weighted by Gasteiger charge is -2.21. The number of rotatable bonds is 7. The second kappa shape index (κ2) is 9.50. The van der Waals surface area contributed by atoms with Crippen molar-refractivity contribution in [1.82, 2.24) is 14.9 Å². The third kappa shape index (κ3) is 5.53. The zero-order valence-electron chi connectivity index (χ0n) is 16.4. The molecular formula is C20H25N3O3S. The van der Waals surface area contributed by atoms with E-state index in [9.17, 15) is 9.59 Å². The molecule has 0 unspecified atom stereocenters. The standard InChI is InChI=1S/C20H25N3O3S/c1-13-16(14(2)22-20(21-13)27-5)11-12-17(24)26-18(19(25)23(3)4)15-9-7-6-8-10-15/h6-10,18H,11-12H2,1-5H3/t18-/m0/s1. The molecule has 0 radical (unpaired) electrons. The molecule has 0 aliphatic rings. The summed E-state index contributed by atoms with van der Waals surface area (Å²) in [5, 5.41) is 0.719. The van der Waals surface area contributed by atoms with Crippen LogP contribution in [0.5, 0.6) is 0 Å². The molecule has 0 spiro atoms. The average molecular weight is 388 g/mol. The molecule has 7 heteroatoms. The molecule has 0 N–H and O–H groups in total. The first kappa shape index (κ1) is 20.9. The van der Waals surface area contributed by atoms with Crippen LogP contribution in [0, 0.1) is 13.8 Å². The van der Waals surface area contributed by atoms with Gasteiger partial charge < -0.3 is 9.64 Å².